The number of benzene rings is 1. The fourth-order valence-corrected chi connectivity index (χ4v) is 1.59. The molecule has 4 heteroatoms. The molecule has 1 unspecified atom stereocenters. The number of hydrogen-bond donors (Lipinski definition) is 2. The molecule has 1 aromatic carbocycles. The number of nitrogens with two attached hydrogens (primary N) is 1. The minimum Gasteiger partial charge on any atom is -0.493 e. The van der Waals surface area contributed by atoms with Crippen molar-refractivity contribution < 1.29 is 14.6 Å². The van der Waals surface area contributed by atoms with E-state index in [1.165, 1.54) is 6.92 Å². The minimum atomic E-state index is -1.18. The van der Waals surface area contributed by atoms with Gasteiger partial charge in [-0.1, -0.05) is 12.1 Å². The highest BCUT2D eigenvalue weighted by atomic mass is 16.5. The summed E-state index contributed by atoms with van der Waals surface area (Å²) in [7, 11) is 0. The van der Waals surface area contributed by atoms with Gasteiger partial charge in [0.25, 0.3) is 0 Å². The number of aryl methyl sites for hydroxylation is 2. The molecule has 1 atom stereocenters. The number of aliphatic carboxylic acids is 1. The maximum atomic E-state index is 10.8. The van der Waals surface area contributed by atoms with Gasteiger partial charge < -0.3 is 15.6 Å². The Balaban J connectivity index is 2.43. The normalized spacial score (nSPS) is 14.0. The van der Waals surface area contributed by atoms with Crippen molar-refractivity contribution in [3.8, 4) is 5.75 Å². The summed E-state index contributed by atoms with van der Waals surface area (Å²) < 4.78 is 5.64. The van der Waals surface area contributed by atoms with E-state index in [9.17, 15) is 4.79 Å². The summed E-state index contributed by atoms with van der Waals surface area (Å²) in [6.07, 6.45) is 1.01. The first-order valence-electron chi connectivity index (χ1n) is 6.05. The third-order valence-corrected chi connectivity index (χ3v) is 2.93. The molecule has 0 radical (unpaired) electrons. The predicted molar refractivity (Wildman–Crippen MR) is 70.9 cm³/mol. The Morgan fingerprint density at radius 3 is 2.72 bits per heavy atom. The summed E-state index contributed by atoms with van der Waals surface area (Å²) in [5.41, 5.74) is 6.68. The SMILES string of the molecule is Cc1ccc(C)c(OCCCC(C)(N)C(=O)O)c1. The van der Waals surface area contributed by atoms with E-state index in [2.05, 4.69) is 0 Å². The first-order valence-corrected chi connectivity index (χ1v) is 6.05. The molecule has 0 aliphatic carbocycles. The number of carboxylic acid groups (broad SMARTS) is 1. The van der Waals surface area contributed by atoms with Gasteiger partial charge in [-0.25, -0.2) is 0 Å². The first-order chi connectivity index (χ1) is 8.33. The number of hydrogen-bond acceptors (Lipinski definition) is 3. The highest BCUT2D eigenvalue weighted by Gasteiger charge is 2.26. The summed E-state index contributed by atoms with van der Waals surface area (Å²) in [6.45, 7) is 5.99. The molecule has 4 nitrogen and oxygen atoms in total. The van der Waals surface area contributed by atoms with Crippen LogP contribution in [0.1, 0.15) is 30.9 Å². The second-order valence-electron chi connectivity index (χ2n) is 4.94. The molecule has 0 amide bonds. The van der Waals surface area contributed by atoms with Crippen molar-refractivity contribution in [1.82, 2.24) is 0 Å². The molecule has 0 aliphatic rings. The van der Waals surface area contributed by atoms with E-state index in [1.807, 2.05) is 32.0 Å². The van der Waals surface area contributed by atoms with E-state index in [-0.39, 0.29) is 0 Å². The summed E-state index contributed by atoms with van der Waals surface area (Å²) in [4.78, 5) is 10.8. The number of ether oxygens (including phenoxy) is 1. The van der Waals surface area contributed by atoms with Gasteiger partial charge in [0, 0.05) is 0 Å². The van der Waals surface area contributed by atoms with Crippen LogP contribution < -0.4 is 10.5 Å². The van der Waals surface area contributed by atoms with Crippen LogP contribution in [0.15, 0.2) is 18.2 Å². The van der Waals surface area contributed by atoms with E-state index in [0.717, 1.165) is 16.9 Å². The van der Waals surface area contributed by atoms with Gasteiger partial charge in [-0.05, 0) is 50.8 Å². The summed E-state index contributed by atoms with van der Waals surface area (Å²) >= 11 is 0. The molecule has 0 spiro atoms. The summed E-state index contributed by atoms with van der Waals surface area (Å²) in [5, 5.41) is 8.87. The van der Waals surface area contributed by atoms with Crippen molar-refractivity contribution in [1.29, 1.82) is 0 Å². The van der Waals surface area contributed by atoms with E-state index >= 15 is 0 Å². The molecule has 3 N–H and O–H groups in total. The molecule has 0 bridgehead atoms. The van der Waals surface area contributed by atoms with Crippen LogP contribution in [0, 0.1) is 13.8 Å². The molecule has 0 saturated carbocycles. The number of carboxylic acids is 1. The predicted octanol–water partition coefficient (Wildman–Crippen LogP) is 2.26. The Morgan fingerprint density at radius 2 is 2.11 bits per heavy atom. The van der Waals surface area contributed by atoms with Crippen LogP contribution in [-0.2, 0) is 4.79 Å². The third-order valence-electron chi connectivity index (χ3n) is 2.93. The average Bonchev–Trinajstić information content (AvgIpc) is 2.28. The van der Waals surface area contributed by atoms with Crippen LogP contribution in [0.3, 0.4) is 0 Å². The highest BCUT2D eigenvalue weighted by Crippen LogP contribution is 2.19. The molecule has 100 valence electrons. The smallest absolute Gasteiger partial charge is 0.323 e. The standard InChI is InChI=1S/C14H21NO3/c1-10-5-6-11(2)12(9-10)18-8-4-7-14(3,15)13(16)17/h5-6,9H,4,7-8,15H2,1-3H3,(H,16,17). The maximum Gasteiger partial charge on any atom is 0.323 e. The van der Waals surface area contributed by atoms with Crippen molar-refractivity contribution in [3.63, 3.8) is 0 Å². The van der Waals surface area contributed by atoms with Crippen LogP contribution in [-0.4, -0.2) is 23.2 Å². The van der Waals surface area contributed by atoms with Gasteiger partial charge in [0.15, 0.2) is 0 Å². The first kappa shape index (κ1) is 14.5. The number of rotatable bonds is 6. The van der Waals surface area contributed by atoms with E-state index < -0.39 is 11.5 Å². The molecular formula is C14H21NO3. The molecule has 1 rings (SSSR count). The van der Waals surface area contributed by atoms with Crippen LogP contribution in [0.2, 0.25) is 0 Å². The van der Waals surface area contributed by atoms with Gasteiger partial charge in [-0.2, -0.15) is 0 Å². The zero-order valence-electron chi connectivity index (χ0n) is 11.2. The van der Waals surface area contributed by atoms with Gasteiger partial charge in [-0.3, -0.25) is 4.79 Å². The Kier molecular flexibility index (Phi) is 4.73. The van der Waals surface area contributed by atoms with E-state index in [1.54, 1.807) is 0 Å². The molecular weight excluding hydrogens is 230 g/mol. The van der Waals surface area contributed by atoms with Crippen LogP contribution >= 0.6 is 0 Å². The van der Waals surface area contributed by atoms with Crippen molar-refractivity contribution in [2.75, 3.05) is 6.61 Å². The Bertz CT molecular complexity index is 427. The fourth-order valence-electron chi connectivity index (χ4n) is 1.59. The topological polar surface area (TPSA) is 72.5 Å². The van der Waals surface area contributed by atoms with Gasteiger partial charge in [0.05, 0.1) is 6.61 Å². The maximum absolute atomic E-state index is 10.8. The van der Waals surface area contributed by atoms with Gasteiger partial charge in [0.2, 0.25) is 0 Å². The summed E-state index contributed by atoms with van der Waals surface area (Å²) in [6, 6.07) is 6.02. The highest BCUT2D eigenvalue weighted by molar-refractivity contribution is 5.77. The van der Waals surface area contributed by atoms with Crippen molar-refractivity contribution in [2.45, 2.75) is 39.2 Å². The number of carbonyl (C=O) groups is 1. The second-order valence-corrected chi connectivity index (χ2v) is 4.94. The zero-order chi connectivity index (χ0) is 13.8. The molecule has 0 saturated heterocycles. The Morgan fingerprint density at radius 1 is 1.44 bits per heavy atom. The molecule has 0 aliphatic heterocycles. The van der Waals surface area contributed by atoms with Crippen LogP contribution in [0.5, 0.6) is 5.75 Å². The Hall–Kier alpha value is -1.55. The molecule has 18 heavy (non-hydrogen) atoms. The minimum absolute atomic E-state index is 0.396. The monoisotopic (exact) mass is 251 g/mol. The average molecular weight is 251 g/mol. The second kappa shape index (κ2) is 5.87. The largest absolute Gasteiger partial charge is 0.493 e. The molecule has 1 aromatic rings. The van der Waals surface area contributed by atoms with Gasteiger partial charge in [-0.15, -0.1) is 0 Å². The van der Waals surface area contributed by atoms with E-state index in [0.29, 0.717) is 19.4 Å². The van der Waals surface area contributed by atoms with E-state index in [4.69, 9.17) is 15.6 Å². The molecule has 0 heterocycles. The van der Waals surface area contributed by atoms with Crippen molar-refractivity contribution in [2.24, 2.45) is 5.73 Å². The Labute approximate surface area is 108 Å². The van der Waals surface area contributed by atoms with Gasteiger partial charge >= 0.3 is 5.97 Å². The lowest BCUT2D eigenvalue weighted by molar-refractivity contribution is -0.142. The third kappa shape index (κ3) is 4.04. The quantitative estimate of drug-likeness (QED) is 0.761. The van der Waals surface area contributed by atoms with Crippen LogP contribution in [0.25, 0.3) is 0 Å². The molecule has 0 aromatic heterocycles. The van der Waals surface area contributed by atoms with Crippen molar-refractivity contribution in [3.05, 3.63) is 29.3 Å². The lowest BCUT2D eigenvalue weighted by Gasteiger charge is -2.19. The summed E-state index contributed by atoms with van der Waals surface area (Å²) in [5.74, 6) is -0.127. The lowest BCUT2D eigenvalue weighted by Crippen LogP contribution is -2.44. The molecule has 0 fully saturated rings. The van der Waals surface area contributed by atoms with Crippen LogP contribution in [0.4, 0.5) is 0 Å². The van der Waals surface area contributed by atoms with Crippen molar-refractivity contribution >= 4 is 5.97 Å². The zero-order valence-corrected chi connectivity index (χ0v) is 11.2. The van der Waals surface area contributed by atoms with Gasteiger partial charge in [0.1, 0.15) is 11.3 Å². The lowest BCUT2D eigenvalue weighted by atomic mass is 9.98. The fraction of sp³-hybridized carbons (Fsp3) is 0.500.